The van der Waals surface area contributed by atoms with E-state index in [1.54, 1.807) is 0 Å². The molecule has 0 saturated heterocycles. The smallest absolute Gasteiger partial charge is 0.0663 e. The van der Waals surface area contributed by atoms with Crippen LogP contribution in [0.25, 0.3) is 5.69 Å². The molecule has 2 aromatic rings. The normalized spacial score (nSPS) is 12.6. The predicted octanol–water partition coefficient (Wildman–Crippen LogP) is 2.48. The number of halogens is 1. The van der Waals surface area contributed by atoms with Gasteiger partial charge in [-0.25, -0.2) is 4.68 Å². The quantitative estimate of drug-likeness (QED) is 0.884. The minimum absolute atomic E-state index is 0.131. The molecule has 2 rings (SSSR count). The number of hydrogen-bond donors (Lipinski definition) is 2. The zero-order valence-electron chi connectivity index (χ0n) is 11.1. The van der Waals surface area contributed by atoms with Crippen LogP contribution in [0.5, 0.6) is 0 Å². The lowest BCUT2D eigenvalue weighted by Crippen LogP contribution is -2.22. The Bertz CT molecular complexity index is 553. The van der Waals surface area contributed by atoms with Crippen molar-refractivity contribution in [3.8, 4) is 5.69 Å². The van der Waals surface area contributed by atoms with Gasteiger partial charge in [0, 0.05) is 28.9 Å². The van der Waals surface area contributed by atoms with Crippen molar-refractivity contribution in [3.05, 3.63) is 46.7 Å². The van der Waals surface area contributed by atoms with Crippen molar-refractivity contribution in [2.24, 2.45) is 0 Å². The number of nitrogens with zero attached hydrogens (tertiary/aromatic N) is 2. The highest BCUT2D eigenvalue weighted by Crippen LogP contribution is 2.21. The predicted molar refractivity (Wildman–Crippen MR) is 76.8 cm³/mol. The molecule has 1 aromatic carbocycles. The van der Waals surface area contributed by atoms with Crippen LogP contribution in [0, 0.1) is 6.92 Å². The number of aliphatic hydroxyl groups excluding tert-OH is 1. The average Bonchev–Trinajstić information content (AvgIpc) is 2.78. The molecule has 0 fully saturated rings. The van der Waals surface area contributed by atoms with Crippen molar-refractivity contribution in [1.82, 2.24) is 15.1 Å². The lowest BCUT2D eigenvalue weighted by Gasteiger charge is -2.13. The third-order valence-electron chi connectivity index (χ3n) is 3.13. The van der Waals surface area contributed by atoms with Gasteiger partial charge in [-0.05, 0) is 32.0 Å². The van der Waals surface area contributed by atoms with E-state index in [-0.39, 0.29) is 12.6 Å². The Balaban J connectivity index is 2.27. The average molecular weight is 280 g/mol. The van der Waals surface area contributed by atoms with Gasteiger partial charge in [0.1, 0.15) is 0 Å². The summed E-state index contributed by atoms with van der Waals surface area (Å²) in [6.45, 7) is 4.79. The Hall–Kier alpha value is -1.36. The summed E-state index contributed by atoms with van der Waals surface area (Å²) in [5, 5.41) is 17.2. The van der Waals surface area contributed by atoms with E-state index in [9.17, 15) is 0 Å². The molecule has 5 heteroatoms. The minimum atomic E-state index is 0.131. The van der Waals surface area contributed by atoms with Crippen LogP contribution < -0.4 is 5.32 Å². The molecular weight excluding hydrogens is 262 g/mol. The van der Waals surface area contributed by atoms with Gasteiger partial charge < -0.3 is 10.4 Å². The SMILES string of the molecule is Cc1c(C(C)NCCO)cnn1-c1cccc(Cl)c1. The van der Waals surface area contributed by atoms with Gasteiger partial charge in [-0.3, -0.25) is 0 Å². The van der Waals surface area contributed by atoms with Crippen molar-refractivity contribution >= 4 is 11.6 Å². The van der Waals surface area contributed by atoms with Crippen molar-refractivity contribution in [1.29, 1.82) is 0 Å². The Morgan fingerprint density at radius 1 is 1.47 bits per heavy atom. The van der Waals surface area contributed by atoms with E-state index in [4.69, 9.17) is 16.7 Å². The maximum Gasteiger partial charge on any atom is 0.0663 e. The van der Waals surface area contributed by atoms with E-state index in [0.29, 0.717) is 11.6 Å². The van der Waals surface area contributed by atoms with Gasteiger partial charge in [0.25, 0.3) is 0 Å². The number of nitrogens with one attached hydrogen (secondary N) is 1. The second kappa shape index (κ2) is 6.19. The zero-order valence-corrected chi connectivity index (χ0v) is 11.9. The maximum absolute atomic E-state index is 8.85. The van der Waals surface area contributed by atoms with Crippen LogP contribution in [0.2, 0.25) is 5.02 Å². The Morgan fingerprint density at radius 2 is 2.26 bits per heavy atom. The van der Waals surface area contributed by atoms with E-state index in [2.05, 4.69) is 17.3 Å². The van der Waals surface area contributed by atoms with Crippen LogP contribution in [0.1, 0.15) is 24.2 Å². The van der Waals surface area contributed by atoms with Crippen LogP contribution in [-0.2, 0) is 0 Å². The fourth-order valence-corrected chi connectivity index (χ4v) is 2.29. The first-order valence-corrected chi connectivity index (χ1v) is 6.66. The summed E-state index contributed by atoms with van der Waals surface area (Å²) in [4.78, 5) is 0. The molecule has 0 bridgehead atoms. The highest BCUT2D eigenvalue weighted by atomic mass is 35.5. The Labute approximate surface area is 118 Å². The van der Waals surface area contributed by atoms with Crippen molar-refractivity contribution in [2.45, 2.75) is 19.9 Å². The molecule has 1 aromatic heterocycles. The molecule has 0 spiro atoms. The van der Waals surface area contributed by atoms with Crippen molar-refractivity contribution < 1.29 is 5.11 Å². The maximum atomic E-state index is 8.85. The fourth-order valence-electron chi connectivity index (χ4n) is 2.11. The molecule has 0 aliphatic carbocycles. The van der Waals surface area contributed by atoms with E-state index < -0.39 is 0 Å². The van der Waals surface area contributed by atoms with Crippen LogP contribution >= 0.6 is 11.6 Å². The van der Waals surface area contributed by atoms with Crippen molar-refractivity contribution in [2.75, 3.05) is 13.2 Å². The number of rotatable bonds is 5. The summed E-state index contributed by atoms with van der Waals surface area (Å²) in [6, 6.07) is 7.76. The van der Waals surface area contributed by atoms with E-state index in [1.807, 2.05) is 42.1 Å². The topological polar surface area (TPSA) is 50.1 Å². The van der Waals surface area contributed by atoms with Gasteiger partial charge in [-0.15, -0.1) is 0 Å². The first-order valence-electron chi connectivity index (χ1n) is 6.28. The van der Waals surface area contributed by atoms with Crippen LogP contribution in [0.3, 0.4) is 0 Å². The minimum Gasteiger partial charge on any atom is -0.395 e. The molecule has 0 amide bonds. The van der Waals surface area contributed by atoms with Crippen LogP contribution in [0.4, 0.5) is 0 Å². The number of hydrogen-bond acceptors (Lipinski definition) is 3. The van der Waals surface area contributed by atoms with Gasteiger partial charge in [-0.2, -0.15) is 5.10 Å². The molecule has 0 aliphatic heterocycles. The zero-order chi connectivity index (χ0) is 13.8. The Morgan fingerprint density at radius 3 is 2.95 bits per heavy atom. The molecule has 0 radical (unpaired) electrons. The van der Waals surface area contributed by atoms with Gasteiger partial charge in [-0.1, -0.05) is 17.7 Å². The molecule has 2 N–H and O–H groups in total. The standard InChI is InChI=1S/C14H18ClN3O/c1-10(16-6-7-19)14-9-17-18(11(14)2)13-5-3-4-12(15)8-13/h3-5,8-10,16,19H,6-7H2,1-2H3. The fraction of sp³-hybridized carbons (Fsp3) is 0.357. The lowest BCUT2D eigenvalue weighted by atomic mass is 10.1. The molecule has 102 valence electrons. The van der Waals surface area contributed by atoms with E-state index in [0.717, 1.165) is 16.9 Å². The summed E-state index contributed by atoms with van der Waals surface area (Å²) in [6.07, 6.45) is 1.85. The second-order valence-electron chi connectivity index (χ2n) is 4.48. The lowest BCUT2D eigenvalue weighted by molar-refractivity contribution is 0.286. The summed E-state index contributed by atoms with van der Waals surface area (Å²) >= 11 is 6.00. The number of aromatic nitrogens is 2. The highest BCUT2D eigenvalue weighted by Gasteiger charge is 2.13. The van der Waals surface area contributed by atoms with Gasteiger partial charge in [0.05, 0.1) is 18.5 Å². The summed E-state index contributed by atoms with van der Waals surface area (Å²) in [5.74, 6) is 0. The molecule has 0 aliphatic rings. The monoisotopic (exact) mass is 279 g/mol. The first-order chi connectivity index (χ1) is 9.13. The summed E-state index contributed by atoms with van der Waals surface area (Å²) in [5.41, 5.74) is 3.14. The second-order valence-corrected chi connectivity index (χ2v) is 4.91. The van der Waals surface area contributed by atoms with Gasteiger partial charge in [0.15, 0.2) is 0 Å². The first kappa shape index (κ1) is 14.1. The van der Waals surface area contributed by atoms with Crippen LogP contribution in [-0.4, -0.2) is 28.0 Å². The highest BCUT2D eigenvalue weighted by molar-refractivity contribution is 6.30. The molecule has 1 unspecified atom stereocenters. The summed E-state index contributed by atoms with van der Waals surface area (Å²) < 4.78 is 1.87. The molecule has 0 saturated carbocycles. The van der Waals surface area contributed by atoms with Crippen molar-refractivity contribution in [3.63, 3.8) is 0 Å². The van der Waals surface area contributed by atoms with Crippen LogP contribution in [0.15, 0.2) is 30.5 Å². The van der Waals surface area contributed by atoms with Gasteiger partial charge in [0.2, 0.25) is 0 Å². The van der Waals surface area contributed by atoms with Gasteiger partial charge >= 0.3 is 0 Å². The molecule has 4 nitrogen and oxygen atoms in total. The third-order valence-corrected chi connectivity index (χ3v) is 3.36. The van der Waals surface area contributed by atoms with E-state index >= 15 is 0 Å². The summed E-state index contributed by atoms with van der Waals surface area (Å²) in [7, 11) is 0. The van der Waals surface area contributed by atoms with E-state index in [1.165, 1.54) is 0 Å². The molecule has 1 atom stereocenters. The number of benzene rings is 1. The molecule has 19 heavy (non-hydrogen) atoms. The molecular formula is C14H18ClN3O. The third kappa shape index (κ3) is 3.15. The Kier molecular flexibility index (Phi) is 4.58. The molecule has 1 heterocycles. The largest absolute Gasteiger partial charge is 0.395 e. The number of aliphatic hydroxyl groups is 1.